The topological polar surface area (TPSA) is 66.4 Å². The Morgan fingerprint density at radius 1 is 1.35 bits per heavy atom. The van der Waals surface area contributed by atoms with Gasteiger partial charge in [-0.1, -0.05) is 25.0 Å². The molecule has 20 heavy (non-hydrogen) atoms. The second-order valence-electron chi connectivity index (χ2n) is 6.09. The zero-order chi connectivity index (χ0) is 14.5. The molecule has 0 spiro atoms. The number of allylic oxidation sites excluding steroid dienone is 1. The standard InChI is InChI=1S/C16H25NO3/c1-2-11-9-13(14(10-11)16(19)20)15(18)17-8-7-12-5-3-4-6-12/h5,11,13-14H,2-4,6-10H2,1H3,(H,17,18)(H,19,20). The predicted octanol–water partition coefficient (Wildman–Crippen LogP) is 2.74. The van der Waals surface area contributed by atoms with Crippen molar-refractivity contribution < 1.29 is 14.7 Å². The molecule has 0 aliphatic heterocycles. The summed E-state index contributed by atoms with van der Waals surface area (Å²) in [5.74, 6) is -1.34. The molecule has 3 atom stereocenters. The minimum Gasteiger partial charge on any atom is -0.481 e. The zero-order valence-electron chi connectivity index (χ0n) is 12.2. The van der Waals surface area contributed by atoms with Gasteiger partial charge in [-0.15, -0.1) is 0 Å². The number of amides is 1. The lowest BCUT2D eigenvalue weighted by atomic mass is 9.95. The maximum atomic E-state index is 12.2. The van der Waals surface area contributed by atoms with Gasteiger partial charge in [0.1, 0.15) is 0 Å². The van der Waals surface area contributed by atoms with Gasteiger partial charge >= 0.3 is 5.97 Å². The Balaban J connectivity index is 1.82. The second kappa shape index (κ2) is 6.91. The minimum atomic E-state index is -0.820. The number of aliphatic carboxylic acids is 1. The van der Waals surface area contributed by atoms with Crippen LogP contribution in [0.15, 0.2) is 11.6 Å². The molecular weight excluding hydrogens is 254 g/mol. The van der Waals surface area contributed by atoms with Crippen LogP contribution in [0.5, 0.6) is 0 Å². The molecule has 0 aromatic heterocycles. The molecule has 2 N–H and O–H groups in total. The highest BCUT2D eigenvalue weighted by Gasteiger charge is 2.41. The fourth-order valence-corrected chi connectivity index (χ4v) is 3.48. The highest BCUT2D eigenvalue weighted by Crippen LogP contribution is 2.38. The molecule has 4 heteroatoms. The van der Waals surface area contributed by atoms with Crippen molar-refractivity contribution in [1.82, 2.24) is 5.32 Å². The summed E-state index contributed by atoms with van der Waals surface area (Å²) >= 11 is 0. The molecular formula is C16H25NO3. The summed E-state index contributed by atoms with van der Waals surface area (Å²) in [4.78, 5) is 23.5. The van der Waals surface area contributed by atoms with Crippen LogP contribution in [0.4, 0.5) is 0 Å². The van der Waals surface area contributed by atoms with E-state index >= 15 is 0 Å². The van der Waals surface area contributed by atoms with Gasteiger partial charge in [0.05, 0.1) is 11.8 Å². The normalized spacial score (nSPS) is 29.2. The molecule has 0 bridgehead atoms. The molecule has 0 saturated heterocycles. The van der Waals surface area contributed by atoms with Gasteiger partial charge in [-0.05, 0) is 44.4 Å². The molecule has 4 nitrogen and oxygen atoms in total. The lowest BCUT2D eigenvalue weighted by Gasteiger charge is -2.15. The summed E-state index contributed by atoms with van der Waals surface area (Å²) in [6.07, 6.45) is 9.03. The third-order valence-electron chi connectivity index (χ3n) is 4.77. The Morgan fingerprint density at radius 2 is 2.10 bits per heavy atom. The van der Waals surface area contributed by atoms with E-state index < -0.39 is 11.9 Å². The molecule has 2 aliphatic rings. The largest absolute Gasteiger partial charge is 0.481 e. The maximum absolute atomic E-state index is 12.2. The number of carboxylic acid groups (broad SMARTS) is 1. The first kappa shape index (κ1) is 15.1. The van der Waals surface area contributed by atoms with Crippen LogP contribution in [-0.4, -0.2) is 23.5 Å². The molecule has 112 valence electrons. The Bertz CT molecular complexity index is 403. The predicted molar refractivity (Wildman–Crippen MR) is 77.2 cm³/mol. The number of rotatable bonds is 6. The van der Waals surface area contributed by atoms with Crippen molar-refractivity contribution in [3.05, 3.63) is 11.6 Å². The molecule has 2 rings (SSSR count). The van der Waals surface area contributed by atoms with Crippen molar-refractivity contribution in [3.8, 4) is 0 Å². The second-order valence-corrected chi connectivity index (χ2v) is 6.09. The number of carboxylic acids is 1. The van der Waals surface area contributed by atoms with Crippen molar-refractivity contribution in [3.63, 3.8) is 0 Å². The van der Waals surface area contributed by atoms with Crippen LogP contribution in [0.25, 0.3) is 0 Å². The first-order chi connectivity index (χ1) is 9.61. The van der Waals surface area contributed by atoms with Crippen molar-refractivity contribution in [2.45, 2.75) is 51.9 Å². The van der Waals surface area contributed by atoms with E-state index in [0.29, 0.717) is 18.9 Å². The van der Waals surface area contributed by atoms with E-state index in [1.807, 2.05) is 0 Å². The lowest BCUT2D eigenvalue weighted by Crippen LogP contribution is -2.35. The van der Waals surface area contributed by atoms with Crippen molar-refractivity contribution in [2.24, 2.45) is 17.8 Å². The van der Waals surface area contributed by atoms with Crippen LogP contribution in [0.2, 0.25) is 0 Å². The molecule has 3 unspecified atom stereocenters. The van der Waals surface area contributed by atoms with Gasteiger partial charge in [-0.2, -0.15) is 0 Å². The van der Waals surface area contributed by atoms with Gasteiger partial charge in [0.2, 0.25) is 5.91 Å². The van der Waals surface area contributed by atoms with E-state index in [9.17, 15) is 14.7 Å². The Labute approximate surface area is 120 Å². The Hall–Kier alpha value is -1.32. The quantitative estimate of drug-likeness (QED) is 0.735. The average Bonchev–Trinajstić information content (AvgIpc) is 3.07. The number of hydrogen-bond donors (Lipinski definition) is 2. The summed E-state index contributed by atoms with van der Waals surface area (Å²) in [6, 6.07) is 0. The molecule has 0 aromatic carbocycles. The first-order valence-electron chi connectivity index (χ1n) is 7.80. The number of nitrogens with one attached hydrogen (secondary N) is 1. The SMILES string of the molecule is CCC1CC(C(=O)O)C(C(=O)NCCC2=CCCC2)C1. The third kappa shape index (κ3) is 3.62. The van der Waals surface area contributed by atoms with Crippen LogP contribution >= 0.6 is 0 Å². The molecule has 1 amide bonds. The molecule has 1 saturated carbocycles. The Morgan fingerprint density at radius 3 is 2.70 bits per heavy atom. The van der Waals surface area contributed by atoms with Gasteiger partial charge in [0.25, 0.3) is 0 Å². The highest BCUT2D eigenvalue weighted by molar-refractivity contribution is 5.85. The number of hydrogen-bond acceptors (Lipinski definition) is 2. The zero-order valence-corrected chi connectivity index (χ0v) is 12.2. The van der Waals surface area contributed by atoms with Crippen molar-refractivity contribution in [1.29, 1.82) is 0 Å². The molecule has 0 radical (unpaired) electrons. The van der Waals surface area contributed by atoms with Crippen LogP contribution < -0.4 is 5.32 Å². The van der Waals surface area contributed by atoms with Gasteiger partial charge in [-0.3, -0.25) is 9.59 Å². The summed E-state index contributed by atoms with van der Waals surface area (Å²) in [6.45, 7) is 2.71. The van der Waals surface area contributed by atoms with Crippen LogP contribution in [-0.2, 0) is 9.59 Å². The van der Waals surface area contributed by atoms with E-state index in [0.717, 1.165) is 32.1 Å². The molecule has 0 aromatic rings. The van der Waals surface area contributed by atoms with Gasteiger partial charge in [-0.25, -0.2) is 0 Å². The molecule has 0 heterocycles. The third-order valence-corrected chi connectivity index (χ3v) is 4.77. The molecule has 1 fully saturated rings. The average molecular weight is 279 g/mol. The summed E-state index contributed by atoms with van der Waals surface area (Å²) < 4.78 is 0. The van der Waals surface area contributed by atoms with E-state index in [1.54, 1.807) is 0 Å². The first-order valence-corrected chi connectivity index (χ1v) is 7.80. The van der Waals surface area contributed by atoms with Gasteiger partial charge < -0.3 is 10.4 Å². The van der Waals surface area contributed by atoms with E-state index in [2.05, 4.69) is 18.3 Å². The van der Waals surface area contributed by atoms with Crippen LogP contribution in [0.3, 0.4) is 0 Å². The van der Waals surface area contributed by atoms with E-state index in [1.165, 1.54) is 12.0 Å². The fourth-order valence-electron chi connectivity index (χ4n) is 3.48. The van der Waals surface area contributed by atoms with E-state index in [-0.39, 0.29) is 11.8 Å². The lowest BCUT2D eigenvalue weighted by molar-refractivity contribution is -0.146. The minimum absolute atomic E-state index is 0.0630. The summed E-state index contributed by atoms with van der Waals surface area (Å²) in [7, 11) is 0. The maximum Gasteiger partial charge on any atom is 0.307 e. The number of carbonyl (C=O) groups is 2. The van der Waals surface area contributed by atoms with E-state index in [4.69, 9.17) is 0 Å². The molecule has 2 aliphatic carbocycles. The van der Waals surface area contributed by atoms with Gasteiger partial charge in [0, 0.05) is 6.54 Å². The summed E-state index contributed by atoms with van der Waals surface area (Å²) in [5.41, 5.74) is 1.43. The van der Waals surface area contributed by atoms with Gasteiger partial charge in [0.15, 0.2) is 0 Å². The van der Waals surface area contributed by atoms with Crippen molar-refractivity contribution >= 4 is 11.9 Å². The Kier molecular flexibility index (Phi) is 5.21. The highest BCUT2D eigenvalue weighted by atomic mass is 16.4. The smallest absolute Gasteiger partial charge is 0.307 e. The summed E-state index contributed by atoms with van der Waals surface area (Å²) in [5, 5.41) is 12.2. The van der Waals surface area contributed by atoms with Crippen LogP contribution in [0, 0.1) is 17.8 Å². The van der Waals surface area contributed by atoms with Crippen molar-refractivity contribution in [2.75, 3.05) is 6.54 Å². The monoisotopic (exact) mass is 279 g/mol. The fraction of sp³-hybridized carbons (Fsp3) is 0.750. The number of carbonyl (C=O) groups excluding carboxylic acids is 1. The van der Waals surface area contributed by atoms with Crippen LogP contribution in [0.1, 0.15) is 51.9 Å².